The number of anilines is 1. The van der Waals surface area contributed by atoms with Crippen LogP contribution in [0.3, 0.4) is 0 Å². The monoisotopic (exact) mass is 286 g/mol. The van der Waals surface area contributed by atoms with Crippen molar-refractivity contribution >= 4 is 15.7 Å². The molecule has 0 saturated heterocycles. The molecule has 0 bridgehead atoms. The molecule has 0 atom stereocenters. The molecular formula is C13H22N2O3S. The average Bonchev–Trinajstić information content (AvgIpc) is 2.27. The first-order chi connectivity index (χ1) is 8.81. The molecule has 1 aromatic rings. The van der Waals surface area contributed by atoms with Crippen molar-refractivity contribution < 1.29 is 13.2 Å². The number of sulfonamides is 1. The summed E-state index contributed by atoms with van der Waals surface area (Å²) in [6.07, 6.45) is 0. The molecule has 0 aliphatic rings. The molecule has 0 fully saturated rings. The molecule has 0 radical (unpaired) electrons. The lowest BCUT2D eigenvalue weighted by atomic mass is 10.2. The van der Waals surface area contributed by atoms with E-state index in [4.69, 9.17) is 10.5 Å². The molecule has 0 aromatic heterocycles. The van der Waals surface area contributed by atoms with E-state index in [1.807, 2.05) is 13.8 Å². The molecule has 0 saturated carbocycles. The van der Waals surface area contributed by atoms with E-state index in [1.54, 1.807) is 31.3 Å². The van der Waals surface area contributed by atoms with Crippen molar-refractivity contribution in [1.82, 2.24) is 4.31 Å². The van der Waals surface area contributed by atoms with Crippen LogP contribution in [0.15, 0.2) is 24.3 Å². The van der Waals surface area contributed by atoms with E-state index in [0.717, 1.165) is 0 Å². The number of nitrogen functional groups attached to an aromatic ring is 1. The summed E-state index contributed by atoms with van der Waals surface area (Å²) in [6.45, 7) is 4.60. The van der Waals surface area contributed by atoms with Gasteiger partial charge in [0.2, 0.25) is 10.0 Å². The van der Waals surface area contributed by atoms with Crippen LogP contribution in [0.5, 0.6) is 5.75 Å². The van der Waals surface area contributed by atoms with Crippen molar-refractivity contribution in [3.05, 3.63) is 24.3 Å². The Morgan fingerprint density at radius 3 is 2.63 bits per heavy atom. The smallest absolute Gasteiger partial charge is 0.217 e. The molecule has 6 heteroatoms. The van der Waals surface area contributed by atoms with Gasteiger partial charge in [-0.05, 0) is 18.1 Å². The van der Waals surface area contributed by atoms with Crippen LogP contribution < -0.4 is 10.5 Å². The van der Waals surface area contributed by atoms with Gasteiger partial charge < -0.3 is 10.5 Å². The van der Waals surface area contributed by atoms with Gasteiger partial charge >= 0.3 is 0 Å². The fourth-order valence-electron chi connectivity index (χ4n) is 1.65. The summed E-state index contributed by atoms with van der Waals surface area (Å²) in [4.78, 5) is 0. The van der Waals surface area contributed by atoms with Gasteiger partial charge in [0, 0.05) is 25.3 Å². The first-order valence-corrected chi connectivity index (χ1v) is 7.84. The highest BCUT2D eigenvalue weighted by atomic mass is 32.2. The third kappa shape index (κ3) is 5.48. The van der Waals surface area contributed by atoms with Crippen LogP contribution >= 0.6 is 0 Å². The second-order valence-corrected chi connectivity index (χ2v) is 7.11. The fraction of sp³-hybridized carbons (Fsp3) is 0.538. The Labute approximate surface area is 115 Å². The van der Waals surface area contributed by atoms with E-state index in [0.29, 0.717) is 23.9 Å². The summed E-state index contributed by atoms with van der Waals surface area (Å²) in [5.74, 6) is 0.849. The second kappa shape index (κ2) is 6.77. The van der Waals surface area contributed by atoms with Crippen LogP contribution in [-0.2, 0) is 10.0 Å². The molecule has 1 aromatic carbocycles. The third-order valence-corrected chi connectivity index (χ3v) is 4.35. The molecule has 0 aliphatic carbocycles. The zero-order chi connectivity index (χ0) is 14.5. The zero-order valence-electron chi connectivity index (χ0n) is 11.7. The number of nitrogens with two attached hydrogens (primary N) is 1. The first kappa shape index (κ1) is 15.8. The van der Waals surface area contributed by atoms with Gasteiger partial charge in [-0.3, -0.25) is 0 Å². The maximum Gasteiger partial charge on any atom is 0.217 e. The van der Waals surface area contributed by atoms with Crippen molar-refractivity contribution in [1.29, 1.82) is 0 Å². The van der Waals surface area contributed by atoms with Gasteiger partial charge in [0.25, 0.3) is 0 Å². The summed E-state index contributed by atoms with van der Waals surface area (Å²) in [6, 6.07) is 6.94. The number of benzene rings is 1. The Morgan fingerprint density at radius 1 is 1.37 bits per heavy atom. The van der Waals surface area contributed by atoms with Crippen LogP contribution in [-0.4, -0.2) is 38.7 Å². The lowest BCUT2D eigenvalue weighted by Gasteiger charge is -2.19. The molecule has 0 amide bonds. The highest BCUT2D eigenvalue weighted by molar-refractivity contribution is 7.89. The van der Waals surface area contributed by atoms with Crippen LogP contribution in [0, 0.1) is 5.92 Å². The third-order valence-electron chi connectivity index (χ3n) is 2.57. The minimum absolute atomic E-state index is 0.0367. The Balaban J connectivity index is 2.48. The van der Waals surface area contributed by atoms with E-state index in [9.17, 15) is 8.42 Å². The van der Waals surface area contributed by atoms with Gasteiger partial charge in [-0.2, -0.15) is 0 Å². The molecule has 0 aliphatic heterocycles. The number of rotatable bonds is 7. The number of nitrogens with zero attached hydrogens (tertiary/aromatic N) is 1. The maximum atomic E-state index is 11.9. The van der Waals surface area contributed by atoms with Crippen LogP contribution in [0.25, 0.3) is 0 Å². The molecule has 0 spiro atoms. The van der Waals surface area contributed by atoms with Crippen molar-refractivity contribution in [2.75, 3.05) is 31.7 Å². The second-order valence-electron chi connectivity index (χ2n) is 4.91. The van der Waals surface area contributed by atoms with Gasteiger partial charge in [0.05, 0.1) is 5.75 Å². The van der Waals surface area contributed by atoms with Crippen molar-refractivity contribution in [3.63, 3.8) is 0 Å². The van der Waals surface area contributed by atoms with Gasteiger partial charge in [0.1, 0.15) is 12.4 Å². The van der Waals surface area contributed by atoms with Crippen molar-refractivity contribution in [2.45, 2.75) is 13.8 Å². The molecule has 19 heavy (non-hydrogen) atoms. The molecule has 5 nitrogen and oxygen atoms in total. The summed E-state index contributed by atoms with van der Waals surface area (Å²) in [5.41, 5.74) is 6.21. The normalized spacial score (nSPS) is 12.1. The summed E-state index contributed by atoms with van der Waals surface area (Å²) in [5, 5.41) is 0. The lowest BCUT2D eigenvalue weighted by molar-refractivity contribution is 0.335. The predicted octanol–water partition coefficient (Wildman–Crippen LogP) is 1.57. The first-order valence-electron chi connectivity index (χ1n) is 6.23. The standard InChI is InChI=1S/C13H22N2O3S/c1-11(2)10-15(3)19(16,17)8-7-18-13-6-4-5-12(14)9-13/h4-6,9,11H,7-8,10,14H2,1-3H3. The minimum atomic E-state index is -3.26. The Bertz CT molecular complexity index is 500. The van der Waals surface area contributed by atoms with Crippen molar-refractivity contribution in [2.24, 2.45) is 5.92 Å². The molecule has 0 heterocycles. The average molecular weight is 286 g/mol. The molecule has 1 rings (SSSR count). The Hall–Kier alpha value is -1.27. The van der Waals surface area contributed by atoms with Crippen molar-refractivity contribution in [3.8, 4) is 5.75 Å². The van der Waals surface area contributed by atoms with Gasteiger partial charge in [-0.15, -0.1) is 0 Å². The largest absolute Gasteiger partial charge is 0.492 e. The number of hydrogen-bond donors (Lipinski definition) is 1. The van der Waals surface area contributed by atoms with Gasteiger partial charge in [-0.1, -0.05) is 19.9 Å². The minimum Gasteiger partial charge on any atom is -0.492 e. The van der Waals surface area contributed by atoms with E-state index < -0.39 is 10.0 Å². The summed E-state index contributed by atoms with van der Waals surface area (Å²) in [7, 11) is -1.67. The molecule has 0 unspecified atom stereocenters. The summed E-state index contributed by atoms with van der Waals surface area (Å²) >= 11 is 0. The number of ether oxygens (including phenoxy) is 1. The van der Waals surface area contributed by atoms with Gasteiger partial charge in [-0.25, -0.2) is 12.7 Å². The SMILES string of the molecule is CC(C)CN(C)S(=O)(=O)CCOc1cccc(N)c1. The van der Waals surface area contributed by atoms with E-state index in [-0.39, 0.29) is 12.4 Å². The Morgan fingerprint density at radius 2 is 2.05 bits per heavy atom. The van der Waals surface area contributed by atoms with Crippen LogP contribution in [0.4, 0.5) is 5.69 Å². The quantitative estimate of drug-likeness (QED) is 0.772. The maximum absolute atomic E-state index is 11.9. The Kier molecular flexibility index (Phi) is 5.62. The highest BCUT2D eigenvalue weighted by Gasteiger charge is 2.18. The zero-order valence-corrected chi connectivity index (χ0v) is 12.5. The predicted molar refractivity (Wildman–Crippen MR) is 77.6 cm³/mol. The lowest BCUT2D eigenvalue weighted by Crippen LogP contribution is -2.34. The van der Waals surface area contributed by atoms with E-state index in [2.05, 4.69) is 0 Å². The van der Waals surface area contributed by atoms with Crippen LogP contribution in [0.2, 0.25) is 0 Å². The highest BCUT2D eigenvalue weighted by Crippen LogP contribution is 2.14. The molecule has 108 valence electrons. The number of hydrogen-bond acceptors (Lipinski definition) is 4. The fourth-order valence-corrected chi connectivity index (χ4v) is 2.78. The van der Waals surface area contributed by atoms with Crippen LogP contribution in [0.1, 0.15) is 13.8 Å². The van der Waals surface area contributed by atoms with Gasteiger partial charge in [0.15, 0.2) is 0 Å². The topological polar surface area (TPSA) is 72.6 Å². The summed E-state index contributed by atoms with van der Waals surface area (Å²) < 4.78 is 30.7. The molecular weight excluding hydrogens is 264 g/mol. The molecule has 2 N–H and O–H groups in total. The van der Waals surface area contributed by atoms with E-state index in [1.165, 1.54) is 4.31 Å². The van der Waals surface area contributed by atoms with E-state index >= 15 is 0 Å².